The van der Waals surface area contributed by atoms with Gasteiger partial charge in [-0.1, -0.05) is 11.7 Å². The van der Waals surface area contributed by atoms with Gasteiger partial charge in [-0.05, 0) is 18.3 Å². The number of aliphatic hydroxyl groups excluding tert-OH is 2. The number of hydrogen-bond acceptors (Lipinski definition) is 4. The van der Waals surface area contributed by atoms with Crippen molar-refractivity contribution in [3.63, 3.8) is 0 Å². The van der Waals surface area contributed by atoms with E-state index in [0.717, 1.165) is 0 Å². The van der Waals surface area contributed by atoms with Gasteiger partial charge in [-0.3, -0.25) is 0 Å². The predicted octanol–water partition coefficient (Wildman–Crippen LogP) is -0.142. The summed E-state index contributed by atoms with van der Waals surface area (Å²) in [5, 5.41) is 30.5. The summed E-state index contributed by atoms with van der Waals surface area (Å²) < 4.78 is 0. The van der Waals surface area contributed by atoms with E-state index in [1.54, 1.807) is 0 Å². The summed E-state index contributed by atoms with van der Waals surface area (Å²) in [6.07, 6.45) is 0.698. The molecule has 3 atom stereocenters. The number of rotatable bonds is 2. The van der Waals surface area contributed by atoms with Crippen LogP contribution in [0.1, 0.15) is 6.42 Å². The van der Waals surface area contributed by atoms with Crippen molar-refractivity contribution in [3.05, 3.63) is 18.4 Å². The number of oxime groups is 1. The van der Waals surface area contributed by atoms with Crippen LogP contribution in [0.15, 0.2) is 23.5 Å². The molecule has 0 amide bonds. The normalized spacial score (nSPS) is 39.7. The molecule has 0 aromatic carbocycles. The van der Waals surface area contributed by atoms with E-state index in [0.29, 0.717) is 6.42 Å². The van der Waals surface area contributed by atoms with Gasteiger partial charge in [-0.25, -0.2) is 0 Å². The van der Waals surface area contributed by atoms with Crippen LogP contribution in [0.4, 0.5) is 0 Å². The zero-order valence-electron chi connectivity index (χ0n) is 7.72. The van der Waals surface area contributed by atoms with Crippen molar-refractivity contribution in [2.24, 2.45) is 10.6 Å². The largest absolute Gasteiger partial charge is 0.411 e. The maximum Gasteiger partial charge on any atom is 0.107 e. The average Bonchev–Trinajstić information content (AvgIpc) is 2.40. The Morgan fingerprint density at radius 2 is 2.43 bits per heavy atom. The molecule has 0 heterocycles. The lowest BCUT2D eigenvalue weighted by molar-refractivity contribution is 0.0680. The highest BCUT2D eigenvalue weighted by Crippen LogP contribution is 2.42. The van der Waals surface area contributed by atoms with Crippen molar-refractivity contribution >= 4 is 13.6 Å². The van der Waals surface area contributed by atoms with Crippen LogP contribution in [-0.2, 0) is 0 Å². The summed E-state index contributed by atoms with van der Waals surface area (Å²) in [5.74, 6) is -0.549. The SMILES string of the molecule is [B][C@@H]1C[C@](C=C=C)(CO)[C@H](O)/C1=N/O. The van der Waals surface area contributed by atoms with Crippen molar-refractivity contribution in [3.8, 4) is 0 Å². The van der Waals surface area contributed by atoms with E-state index < -0.39 is 17.3 Å². The molecule has 1 saturated carbocycles. The lowest BCUT2D eigenvalue weighted by Gasteiger charge is -2.25. The van der Waals surface area contributed by atoms with E-state index in [1.165, 1.54) is 6.08 Å². The molecule has 0 unspecified atom stereocenters. The highest BCUT2D eigenvalue weighted by atomic mass is 16.4. The summed E-state index contributed by atoms with van der Waals surface area (Å²) in [5.41, 5.74) is 1.68. The molecular weight excluding hydrogens is 181 g/mol. The molecule has 0 aromatic heterocycles. The summed E-state index contributed by atoms with van der Waals surface area (Å²) in [7, 11) is 5.63. The monoisotopic (exact) mass is 193 g/mol. The number of nitrogens with zero attached hydrogens (tertiary/aromatic N) is 1. The molecular formula is C9H12BNO3. The molecule has 74 valence electrons. The Bertz CT molecular complexity index is 298. The molecule has 3 N–H and O–H groups in total. The Balaban J connectivity index is 3.08. The average molecular weight is 193 g/mol. The topological polar surface area (TPSA) is 73.0 Å². The third-order valence-corrected chi connectivity index (χ3v) is 2.60. The maximum atomic E-state index is 9.77. The second-order valence-corrected chi connectivity index (χ2v) is 3.48. The van der Waals surface area contributed by atoms with Gasteiger partial charge < -0.3 is 15.4 Å². The van der Waals surface area contributed by atoms with E-state index in [4.69, 9.17) is 13.1 Å². The van der Waals surface area contributed by atoms with Crippen molar-refractivity contribution in [1.29, 1.82) is 0 Å². The zero-order valence-corrected chi connectivity index (χ0v) is 7.72. The minimum absolute atomic E-state index is 0.0885. The van der Waals surface area contributed by atoms with Gasteiger partial charge >= 0.3 is 0 Å². The predicted molar refractivity (Wildman–Crippen MR) is 52.6 cm³/mol. The highest BCUT2D eigenvalue weighted by Gasteiger charge is 2.47. The zero-order chi connectivity index (χ0) is 10.8. The van der Waals surface area contributed by atoms with Gasteiger partial charge in [-0.2, -0.15) is 0 Å². The van der Waals surface area contributed by atoms with E-state index in [1.807, 2.05) is 0 Å². The van der Waals surface area contributed by atoms with Crippen molar-refractivity contribution in [2.45, 2.75) is 18.3 Å². The van der Waals surface area contributed by atoms with Crippen LogP contribution in [0.25, 0.3) is 0 Å². The van der Waals surface area contributed by atoms with Gasteiger partial charge in [0.2, 0.25) is 0 Å². The first-order valence-corrected chi connectivity index (χ1v) is 4.24. The van der Waals surface area contributed by atoms with Crippen LogP contribution in [0, 0.1) is 5.41 Å². The van der Waals surface area contributed by atoms with Gasteiger partial charge in [0, 0.05) is 0 Å². The quantitative estimate of drug-likeness (QED) is 0.247. The van der Waals surface area contributed by atoms with Gasteiger partial charge in [-0.15, -0.1) is 5.73 Å². The Labute approximate surface area is 83.7 Å². The van der Waals surface area contributed by atoms with Crippen molar-refractivity contribution in [2.75, 3.05) is 6.61 Å². The van der Waals surface area contributed by atoms with Gasteiger partial charge in [0.15, 0.2) is 0 Å². The molecule has 0 saturated heterocycles. The Hall–Kier alpha value is -1.03. The Morgan fingerprint density at radius 3 is 2.79 bits per heavy atom. The molecule has 1 aliphatic rings. The number of hydrogen-bond donors (Lipinski definition) is 3. The third-order valence-electron chi connectivity index (χ3n) is 2.60. The summed E-state index contributed by atoms with van der Waals surface area (Å²) >= 11 is 0. The van der Waals surface area contributed by atoms with Crippen LogP contribution in [0.2, 0.25) is 5.82 Å². The molecule has 14 heavy (non-hydrogen) atoms. The molecule has 0 aliphatic heterocycles. The van der Waals surface area contributed by atoms with Crippen molar-refractivity contribution in [1.82, 2.24) is 0 Å². The second kappa shape index (κ2) is 4.01. The molecule has 5 heteroatoms. The van der Waals surface area contributed by atoms with Gasteiger partial charge in [0.25, 0.3) is 0 Å². The van der Waals surface area contributed by atoms with Crippen LogP contribution < -0.4 is 0 Å². The lowest BCUT2D eigenvalue weighted by atomic mass is 9.80. The summed E-state index contributed by atoms with van der Waals surface area (Å²) in [4.78, 5) is 0. The molecule has 0 aromatic rings. The Kier molecular flexibility index (Phi) is 3.16. The van der Waals surface area contributed by atoms with Crippen LogP contribution >= 0.6 is 0 Å². The Morgan fingerprint density at radius 1 is 1.79 bits per heavy atom. The smallest absolute Gasteiger partial charge is 0.107 e. The molecule has 2 radical (unpaired) electrons. The van der Waals surface area contributed by atoms with Crippen molar-refractivity contribution < 1.29 is 15.4 Å². The first kappa shape index (κ1) is 11.1. The van der Waals surface area contributed by atoms with E-state index in [-0.39, 0.29) is 12.3 Å². The summed E-state index contributed by atoms with van der Waals surface area (Å²) in [6.45, 7) is 3.09. The first-order valence-electron chi connectivity index (χ1n) is 4.24. The fourth-order valence-corrected chi connectivity index (χ4v) is 1.79. The van der Waals surface area contributed by atoms with Crippen LogP contribution in [0.3, 0.4) is 0 Å². The molecule has 1 aliphatic carbocycles. The van der Waals surface area contributed by atoms with E-state index >= 15 is 0 Å². The first-order chi connectivity index (χ1) is 6.61. The minimum atomic E-state index is -1.08. The van der Waals surface area contributed by atoms with Crippen LogP contribution in [-0.4, -0.2) is 41.7 Å². The highest BCUT2D eigenvalue weighted by molar-refractivity contribution is 6.27. The lowest BCUT2D eigenvalue weighted by Crippen LogP contribution is -2.35. The standard InChI is InChI=1S/C9H12BNO3/c1-2-3-9(5-12)4-6(10)7(11-14)8(9)13/h3,6,8,12-14H,1,4-5H2/b11-7+/t6-,8-,9-/m1/s1. The second-order valence-electron chi connectivity index (χ2n) is 3.48. The third kappa shape index (κ3) is 1.50. The molecule has 0 bridgehead atoms. The minimum Gasteiger partial charge on any atom is -0.411 e. The molecule has 1 rings (SSSR count). The fraction of sp³-hybridized carbons (Fsp3) is 0.556. The molecule has 1 fully saturated rings. The van der Waals surface area contributed by atoms with E-state index in [9.17, 15) is 10.2 Å². The van der Waals surface area contributed by atoms with Crippen LogP contribution in [0.5, 0.6) is 0 Å². The number of aliphatic hydroxyl groups is 2. The summed E-state index contributed by atoms with van der Waals surface area (Å²) in [6, 6.07) is 0. The molecule has 0 spiro atoms. The maximum absolute atomic E-state index is 9.77. The fourth-order valence-electron chi connectivity index (χ4n) is 1.79. The van der Waals surface area contributed by atoms with E-state index in [2.05, 4.69) is 17.5 Å². The van der Waals surface area contributed by atoms with Gasteiger partial charge in [0.05, 0.1) is 25.6 Å². The molecule has 4 nitrogen and oxygen atoms in total. The van der Waals surface area contributed by atoms with Gasteiger partial charge in [0.1, 0.15) is 6.10 Å².